The standard InChI is InChI=1S/C17H27N3O/c1-3-17-19-15-9-5-6-10-16(15)20(17)13-12-18-11-7-8-14-21-4-2/h5-6,9-10,18H,3-4,7-8,11-14H2,1-2H3. The summed E-state index contributed by atoms with van der Waals surface area (Å²) in [6.45, 7) is 8.93. The fraction of sp³-hybridized carbons (Fsp3) is 0.588. The molecule has 4 heteroatoms. The van der Waals surface area contributed by atoms with Gasteiger partial charge >= 0.3 is 0 Å². The van der Waals surface area contributed by atoms with Gasteiger partial charge in [0.05, 0.1) is 11.0 Å². The molecule has 0 atom stereocenters. The average molecular weight is 289 g/mol. The lowest BCUT2D eigenvalue weighted by atomic mass is 10.3. The van der Waals surface area contributed by atoms with E-state index in [9.17, 15) is 0 Å². The maximum atomic E-state index is 5.34. The van der Waals surface area contributed by atoms with E-state index in [1.165, 1.54) is 17.8 Å². The fourth-order valence-corrected chi connectivity index (χ4v) is 2.56. The fourth-order valence-electron chi connectivity index (χ4n) is 2.56. The Morgan fingerprint density at radius 3 is 2.81 bits per heavy atom. The molecule has 0 unspecified atom stereocenters. The van der Waals surface area contributed by atoms with Crippen LogP contribution in [0.5, 0.6) is 0 Å². The molecule has 1 aromatic carbocycles. The van der Waals surface area contributed by atoms with Gasteiger partial charge in [-0.15, -0.1) is 0 Å². The highest BCUT2D eigenvalue weighted by Gasteiger charge is 2.07. The number of benzene rings is 1. The summed E-state index contributed by atoms with van der Waals surface area (Å²) in [5.41, 5.74) is 2.35. The second kappa shape index (κ2) is 8.80. The van der Waals surface area contributed by atoms with Crippen molar-refractivity contribution in [1.82, 2.24) is 14.9 Å². The molecular formula is C17H27N3O. The first kappa shape index (κ1) is 16.0. The summed E-state index contributed by atoms with van der Waals surface area (Å²) in [4.78, 5) is 4.70. The van der Waals surface area contributed by atoms with Gasteiger partial charge in [-0.1, -0.05) is 19.1 Å². The minimum Gasteiger partial charge on any atom is -0.382 e. The van der Waals surface area contributed by atoms with Gasteiger partial charge in [0.25, 0.3) is 0 Å². The summed E-state index contributed by atoms with van der Waals surface area (Å²) in [5.74, 6) is 1.18. The van der Waals surface area contributed by atoms with Crippen molar-refractivity contribution in [2.24, 2.45) is 0 Å². The quantitative estimate of drug-likeness (QED) is 0.683. The lowest BCUT2D eigenvalue weighted by molar-refractivity contribution is 0.143. The maximum Gasteiger partial charge on any atom is 0.109 e. The summed E-state index contributed by atoms with van der Waals surface area (Å²) >= 11 is 0. The zero-order valence-corrected chi connectivity index (χ0v) is 13.3. The normalized spacial score (nSPS) is 11.3. The Morgan fingerprint density at radius 2 is 2.00 bits per heavy atom. The van der Waals surface area contributed by atoms with E-state index in [4.69, 9.17) is 9.72 Å². The highest BCUT2D eigenvalue weighted by Crippen LogP contribution is 2.15. The van der Waals surface area contributed by atoms with E-state index in [0.717, 1.165) is 51.2 Å². The van der Waals surface area contributed by atoms with Crippen LogP contribution in [-0.2, 0) is 17.7 Å². The van der Waals surface area contributed by atoms with E-state index in [1.54, 1.807) is 0 Å². The summed E-state index contributed by atoms with van der Waals surface area (Å²) in [6.07, 6.45) is 3.28. The number of rotatable bonds is 10. The first-order valence-corrected chi connectivity index (χ1v) is 8.09. The smallest absolute Gasteiger partial charge is 0.109 e. The van der Waals surface area contributed by atoms with Gasteiger partial charge in [-0.2, -0.15) is 0 Å². The van der Waals surface area contributed by atoms with Crippen molar-refractivity contribution in [3.63, 3.8) is 0 Å². The van der Waals surface area contributed by atoms with E-state index in [0.29, 0.717) is 0 Å². The molecule has 0 aliphatic carbocycles. The van der Waals surface area contributed by atoms with Gasteiger partial charge in [0.1, 0.15) is 5.82 Å². The number of aromatic nitrogens is 2. The molecule has 21 heavy (non-hydrogen) atoms. The van der Waals surface area contributed by atoms with Crippen LogP contribution in [0.1, 0.15) is 32.5 Å². The molecule has 0 saturated heterocycles. The van der Waals surface area contributed by atoms with Crippen LogP contribution in [-0.4, -0.2) is 35.9 Å². The minimum atomic E-state index is 0.820. The summed E-state index contributed by atoms with van der Waals surface area (Å²) in [6, 6.07) is 8.38. The topological polar surface area (TPSA) is 39.1 Å². The molecule has 1 N–H and O–H groups in total. The van der Waals surface area contributed by atoms with Crippen LogP contribution in [0.15, 0.2) is 24.3 Å². The van der Waals surface area contributed by atoms with Crippen molar-refractivity contribution in [3.05, 3.63) is 30.1 Å². The largest absolute Gasteiger partial charge is 0.382 e. The van der Waals surface area contributed by atoms with Crippen molar-refractivity contribution < 1.29 is 4.74 Å². The molecule has 2 aromatic rings. The number of hydrogen-bond donors (Lipinski definition) is 1. The highest BCUT2D eigenvalue weighted by molar-refractivity contribution is 5.75. The Bertz CT molecular complexity index is 536. The molecule has 0 aliphatic heterocycles. The third-order valence-electron chi connectivity index (χ3n) is 3.66. The summed E-state index contributed by atoms with van der Waals surface area (Å²) in [5, 5.41) is 3.51. The molecule has 0 aliphatic rings. The number of imidazole rings is 1. The van der Waals surface area contributed by atoms with E-state index < -0.39 is 0 Å². The van der Waals surface area contributed by atoms with Gasteiger partial charge in [0.15, 0.2) is 0 Å². The van der Waals surface area contributed by atoms with Crippen molar-refractivity contribution in [2.45, 2.75) is 39.7 Å². The first-order valence-electron chi connectivity index (χ1n) is 8.09. The number of aryl methyl sites for hydroxylation is 1. The minimum absolute atomic E-state index is 0.820. The Kier molecular flexibility index (Phi) is 6.70. The molecule has 0 radical (unpaired) electrons. The second-order valence-electron chi connectivity index (χ2n) is 5.18. The van der Waals surface area contributed by atoms with Crippen LogP contribution >= 0.6 is 0 Å². The van der Waals surface area contributed by atoms with Gasteiger partial charge in [-0.25, -0.2) is 4.98 Å². The van der Waals surface area contributed by atoms with Gasteiger partial charge in [0, 0.05) is 32.7 Å². The van der Waals surface area contributed by atoms with Crippen LogP contribution in [0.3, 0.4) is 0 Å². The molecule has 0 spiro atoms. The second-order valence-corrected chi connectivity index (χ2v) is 5.18. The van der Waals surface area contributed by atoms with Crippen LogP contribution in [0.25, 0.3) is 11.0 Å². The number of unbranched alkanes of at least 4 members (excludes halogenated alkanes) is 1. The molecule has 0 fully saturated rings. The number of ether oxygens (including phenoxy) is 1. The molecule has 116 valence electrons. The number of hydrogen-bond acceptors (Lipinski definition) is 3. The molecule has 4 nitrogen and oxygen atoms in total. The van der Waals surface area contributed by atoms with Crippen LogP contribution in [0.2, 0.25) is 0 Å². The molecule has 1 aromatic heterocycles. The lowest BCUT2D eigenvalue weighted by Gasteiger charge is -2.09. The third kappa shape index (κ3) is 4.55. The maximum absolute atomic E-state index is 5.34. The average Bonchev–Trinajstić information content (AvgIpc) is 2.88. The Hall–Kier alpha value is -1.39. The molecule has 0 saturated carbocycles. The third-order valence-corrected chi connectivity index (χ3v) is 3.66. The van der Waals surface area contributed by atoms with E-state index in [1.807, 2.05) is 6.92 Å². The van der Waals surface area contributed by atoms with E-state index in [2.05, 4.69) is 41.1 Å². The zero-order valence-electron chi connectivity index (χ0n) is 13.3. The molecule has 0 bridgehead atoms. The van der Waals surface area contributed by atoms with Crippen molar-refractivity contribution in [3.8, 4) is 0 Å². The predicted molar refractivity (Wildman–Crippen MR) is 87.7 cm³/mol. The first-order chi connectivity index (χ1) is 10.4. The Balaban J connectivity index is 1.78. The van der Waals surface area contributed by atoms with Gasteiger partial charge in [-0.3, -0.25) is 0 Å². The van der Waals surface area contributed by atoms with Gasteiger partial charge in [-0.05, 0) is 38.4 Å². The van der Waals surface area contributed by atoms with Crippen LogP contribution in [0.4, 0.5) is 0 Å². The predicted octanol–water partition coefficient (Wildman–Crippen LogP) is 3.01. The molecular weight excluding hydrogens is 262 g/mol. The highest BCUT2D eigenvalue weighted by atomic mass is 16.5. The van der Waals surface area contributed by atoms with Crippen molar-refractivity contribution >= 4 is 11.0 Å². The van der Waals surface area contributed by atoms with Gasteiger partial charge < -0.3 is 14.6 Å². The van der Waals surface area contributed by atoms with E-state index >= 15 is 0 Å². The monoisotopic (exact) mass is 289 g/mol. The molecule has 1 heterocycles. The Labute approximate surface area is 127 Å². The SMILES string of the molecule is CCOCCCCNCCn1c(CC)nc2ccccc21. The van der Waals surface area contributed by atoms with Crippen LogP contribution < -0.4 is 5.32 Å². The lowest BCUT2D eigenvalue weighted by Crippen LogP contribution is -2.22. The Morgan fingerprint density at radius 1 is 1.14 bits per heavy atom. The summed E-state index contributed by atoms with van der Waals surface area (Å²) in [7, 11) is 0. The van der Waals surface area contributed by atoms with Crippen molar-refractivity contribution in [1.29, 1.82) is 0 Å². The number of para-hydroxylation sites is 2. The van der Waals surface area contributed by atoms with E-state index in [-0.39, 0.29) is 0 Å². The molecule has 2 rings (SSSR count). The van der Waals surface area contributed by atoms with Crippen molar-refractivity contribution in [2.75, 3.05) is 26.3 Å². The molecule has 0 amide bonds. The van der Waals surface area contributed by atoms with Crippen LogP contribution in [0, 0.1) is 0 Å². The van der Waals surface area contributed by atoms with Gasteiger partial charge in [0.2, 0.25) is 0 Å². The number of nitrogens with zero attached hydrogens (tertiary/aromatic N) is 2. The zero-order chi connectivity index (χ0) is 14.9. The number of fused-ring (bicyclic) bond motifs is 1. The number of nitrogens with one attached hydrogen (secondary N) is 1. The summed E-state index contributed by atoms with van der Waals surface area (Å²) < 4.78 is 7.67.